The lowest BCUT2D eigenvalue weighted by Gasteiger charge is -2.11. The van der Waals surface area contributed by atoms with Crippen LogP contribution >= 0.6 is 0 Å². The summed E-state index contributed by atoms with van der Waals surface area (Å²) in [5, 5.41) is 0.875. The molecular formula is C11H12N2O2. The average molecular weight is 204 g/mol. The van der Waals surface area contributed by atoms with E-state index < -0.39 is 0 Å². The number of fused-ring (bicyclic) bond motifs is 1. The smallest absolute Gasteiger partial charge is 0.337 e. The van der Waals surface area contributed by atoms with Crippen LogP contribution in [0.5, 0.6) is 0 Å². The highest BCUT2D eigenvalue weighted by atomic mass is 16.4. The van der Waals surface area contributed by atoms with Gasteiger partial charge in [-0.05, 0) is 24.6 Å². The summed E-state index contributed by atoms with van der Waals surface area (Å²) in [5.41, 5.74) is 0.925. The summed E-state index contributed by atoms with van der Waals surface area (Å²) in [6.07, 6.45) is 0. The number of aryl methyl sites for hydroxylation is 1. The Hall–Kier alpha value is -1.84. The van der Waals surface area contributed by atoms with Gasteiger partial charge in [0.25, 0.3) is 0 Å². The Morgan fingerprint density at radius 3 is 2.73 bits per heavy atom. The quantitative estimate of drug-likeness (QED) is 0.707. The molecule has 0 radical (unpaired) electrons. The SMILES string of the molecule is Cc1cc(=O)oc2nc(N(C)C)ccc12. The van der Waals surface area contributed by atoms with E-state index in [1.165, 1.54) is 6.07 Å². The van der Waals surface area contributed by atoms with Gasteiger partial charge >= 0.3 is 5.63 Å². The predicted octanol–water partition coefficient (Wildman–Crippen LogP) is 1.56. The lowest BCUT2D eigenvalue weighted by Crippen LogP contribution is -2.11. The van der Waals surface area contributed by atoms with Crippen molar-refractivity contribution in [2.75, 3.05) is 19.0 Å². The van der Waals surface area contributed by atoms with E-state index in [2.05, 4.69) is 4.98 Å². The van der Waals surface area contributed by atoms with Gasteiger partial charge < -0.3 is 9.32 Å². The molecule has 2 rings (SSSR count). The van der Waals surface area contributed by atoms with Crippen LogP contribution in [0.1, 0.15) is 5.56 Å². The first-order chi connectivity index (χ1) is 7.08. The Kier molecular flexibility index (Phi) is 2.19. The zero-order chi connectivity index (χ0) is 11.0. The van der Waals surface area contributed by atoms with Crippen LogP contribution in [0.3, 0.4) is 0 Å². The van der Waals surface area contributed by atoms with E-state index in [0.29, 0.717) is 5.71 Å². The first-order valence-corrected chi connectivity index (χ1v) is 4.67. The van der Waals surface area contributed by atoms with Crippen molar-refractivity contribution in [3.8, 4) is 0 Å². The highest BCUT2D eigenvalue weighted by Gasteiger charge is 2.05. The second-order valence-corrected chi connectivity index (χ2v) is 3.67. The van der Waals surface area contributed by atoms with Crippen molar-refractivity contribution in [1.29, 1.82) is 0 Å². The van der Waals surface area contributed by atoms with Gasteiger partial charge in [0, 0.05) is 25.5 Å². The Morgan fingerprint density at radius 2 is 2.07 bits per heavy atom. The van der Waals surface area contributed by atoms with E-state index in [0.717, 1.165) is 16.8 Å². The minimum Gasteiger partial charge on any atom is -0.404 e. The van der Waals surface area contributed by atoms with Gasteiger partial charge in [-0.2, -0.15) is 4.98 Å². The van der Waals surface area contributed by atoms with Gasteiger partial charge in [-0.1, -0.05) is 0 Å². The minimum atomic E-state index is -0.358. The molecule has 0 amide bonds. The van der Waals surface area contributed by atoms with E-state index in [1.54, 1.807) is 0 Å². The molecule has 15 heavy (non-hydrogen) atoms. The number of aromatic nitrogens is 1. The van der Waals surface area contributed by atoms with Crippen LogP contribution in [0.4, 0.5) is 5.82 Å². The molecule has 0 spiro atoms. The second kappa shape index (κ2) is 3.38. The molecule has 0 aliphatic heterocycles. The first kappa shape index (κ1) is 9.71. The monoisotopic (exact) mass is 204 g/mol. The molecular weight excluding hydrogens is 192 g/mol. The molecule has 4 heteroatoms. The largest absolute Gasteiger partial charge is 0.404 e. The van der Waals surface area contributed by atoms with Gasteiger partial charge in [-0.3, -0.25) is 0 Å². The molecule has 0 bridgehead atoms. The summed E-state index contributed by atoms with van der Waals surface area (Å²) < 4.78 is 5.04. The van der Waals surface area contributed by atoms with Crippen LogP contribution in [0, 0.1) is 6.92 Å². The fourth-order valence-corrected chi connectivity index (χ4v) is 1.44. The molecule has 0 unspecified atom stereocenters. The number of hydrogen-bond acceptors (Lipinski definition) is 4. The normalized spacial score (nSPS) is 10.6. The third kappa shape index (κ3) is 1.70. The Bertz CT molecular complexity index is 558. The van der Waals surface area contributed by atoms with Gasteiger partial charge in [0.15, 0.2) is 0 Å². The molecule has 0 saturated carbocycles. The summed E-state index contributed by atoms with van der Waals surface area (Å²) in [5.74, 6) is 0.774. The van der Waals surface area contributed by atoms with Crippen LogP contribution in [0.25, 0.3) is 11.1 Å². The molecule has 0 aliphatic carbocycles. The molecule has 2 aromatic heterocycles. The number of rotatable bonds is 1. The molecule has 0 fully saturated rings. The van der Waals surface area contributed by atoms with Crippen LogP contribution in [-0.2, 0) is 0 Å². The third-order valence-electron chi connectivity index (χ3n) is 2.26. The van der Waals surface area contributed by atoms with Crippen molar-refractivity contribution in [3.05, 3.63) is 34.2 Å². The van der Waals surface area contributed by atoms with Gasteiger partial charge in [-0.25, -0.2) is 4.79 Å². The zero-order valence-corrected chi connectivity index (χ0v) is 8.94. The molecule has 0 saturated heterocycles. The Balaban J connectivity index is 2.76. The van der Waals surface area contributed by atoms with Crippen LogP contribution < -0.4 is 10.5 Å². The lowest BCUT2D eigenvalue weighted by atomic mass is 10.2. The Labute approximate surface area is 87.2 Å². The number of nitrogens with zero attached hydrogens (tertiary/aromatic N) is 2. The predicted molar refractivity (Wildman–Crippen MR) is 59.3 cm³/mol. The molecule has 2 aromatic rings. The van der Waals surface area contributed by atoms with Crippen LogP contribution in [0.2, 0.25) is 0 Å². The highest BCUT2D eigenvalue weighted by molar-refractivity contribution is 5.78. The molecule has 0 aromatic carbocycles. The molecule has 0 atom stereocenters. The lowest BCUT2D eigenvalue weighted by molar-refractivity contribution is 0.548. The minimum absolute atomic E-state index is 0.358. The maximum Gasteiger partial charge on any atom is 0.337 e. The van der Waals surface area contributed by atoms with Crippen molar-refractivity contribution < 1.29 is 4.42 Å². The van der Waals surface area contributed by atoms with Gasteiger partial charge in [-0.15, -0.1) is 0 Å². The van der Waals surface area contributed by atoms with Crippen molar-refractivity contribution >= 4 is 16.9 Å². The van der Waals surface area contributed by atoms with Crippen molar-refractivity contribution in [1.82, 2.24) is 4.98 Å². The van der Waals surface area contributed by atoms with E-state index >= 15 is 0 Å². The number of pyridine rings is 1. The number of hydrogen-bond donors (Lipinski definition) is 0. The summed E-state index contributed by atoms with van der Waals surface area (Å²) in [6, 6.07) is 5.28. The zero-order valence-electron chi connectivity index (χ0n) is 8.94. The average Bonchev–Trinajstić information content (AvgIpc) is 2.16. The summed E-state index contributed by atoms with van der Waals surface area (Å²) >= 11 is 0. The van der Waals surface area contributed by atoms with Crippen molar-refractivity contribution in [2.24, 2.45) is 0 Å². The third-order valence-corrected chi connectivity index (χ3v) is 2.26. The standard InChI is InChI=1S/C11H12N2O2/c1-7-6-10(14)15-11-8(7)4-5-9(12-11)13(2)3/h4-6H,1-3H3. The molecule has 0 N–H and O–H groups in total. The second-order valence-electron chi connectivity index (χ2n) is 3.67. The maximum absolute atomic E-state index is 11.2. The summed E-state index contributed by atoms with van der Waals surface area (Å²) in [4.78, 5) is 17.3. The number of anilines is 1. The molecule has 78 valence electrons. The highest BCUT2D eigenvalue weighted by Crippen LogP contribution is 2.17. The first-order valence-electron chi connectivity index (χ1n) is 4.67. The van der Waals surface area contributed by atoms with Crippen molar-refractivity contribution in [2.45, 2.75) is 6.92 Å². The summed E-state index contributed by atoms with van der Waals surface area (Å²) in [6.45, 7) is 1.87. The fraction of sp³-hybridized carbons (Fsp3) is 0.273. The molecule has 0 aliphatic rings. The van der Waals surface area contributed by atoms with Gasteiger partial charge in [0.2, 0.25) is 5.71 Å². The molecule has 4 nitrogen and oxygen atoms in total. The molecule has 2 heterocycles. The van der Waals surface area contributed by atoms with E-state index in [1.807, 2.05) is 38.1 Å². The van der Waals surface area contributed by atoms with E-state index in [4.69, 9.17) is 4.42 Å². The van der Waals surface area contributed by atoms with E-state index in [9.17, 15) is 4.79 Å². The van der Waals surface area contributed by atoms with Crippen molar-refractivity contribution in [3.63, 3.8) is 0 Å². The fourth-order valence-electron chi connectivity index (χ4n) is 1.44. The topological polar surface area (TPSA) is 46.3 Å². The van der Waals surface area contributed by atoms with Gasteiger partial charge in [0.05, 0.1) is 0 Å². The van der Waals surface area contributed by atoms with Gasteiger partial charge in [0.1, 0.15) is 5.82 Å². The van der Waals surface area contributed by atoms with E-state index in [-0.39, 0.29) is 5.63 Å². The van der Waals surface area contributed by atoms with Crippen LogP contribution in [-0.4, -0.2) is 19.1 Å². The van der Waals surface area contributed by atoms with Crippen LogP contribution in [0.15, 0.2) is 27.4 Å². The summed E-state index contributed by atoms with van der Waals surface area (Å²) in [7, 11) is 3.78. The maximum atomic E-state index is 11.2. The Morgan fingerprint density at radius 1 is 1.33 bits per heavy atom.